The molecule has 1 amide bonds. The summed E-state index contributed by atoms with van der Waals surface area (Å²) >= 11 is 0. The lowest BCUT2D eigenvalue weighted by Gasteiger charge is -2.41. The average molecular weight is 253 g/mol. The van der Waals surface area contributed by atoms with Crippen molar-refractivity contribution in [1.29, 1.82) is 0 Å². The molecule has 2 rings (SSSR count). The first-order valence-electron chi connectivity index (χ1n) is 7.27. The Bertz CT molecular complexity index is 291. The van der Waals surface area contributed by atoms with Crippen LogP contribution in [0.25, 0.3) is 0 Å². The van der Waals surface area contributed by atoms with Crippen LogP contribution in [0.5, 0.6) is 0 Å². The van der Waals surface area contributed by atoms with Gasteiger partial charge in [-0.25, -0.2) is 0 Å². The molecule has 1 heterocycles. The lowest BCUT2D eigenvalue weighted by Crippen LogP contribution is -2.54. The maximum Gasteiger partial charge on any atom is 0.224 e. The Balaban J connectivity index is 1.73. The van der Waals surface area contributed by atoms with Gasteiger partial charge in [0.2, 0.25) is 5.91 Å². The number of carbonyl (C=O) groups excluding carboxylic acids is 1. The summed E-state index contributed by atoms with van der Waals surface area (Å²) in [7, 11) is 0. The van der Waals surface area contributed by atoms with Crippen molar-refractivity contribution in [2.75, 3.05) is 32.7 Å². The predicted octanol–water partition coefficient (Wildman–Crippen LogP) is 1.06. The fourth-order valence-electron chi connectivity index (χ4n) is 2.92. The summed E-state index contributed by atoms with van der Waals surface area (Å²) < 4.78 is 0. The highest BCUT2D eigenvalue weighted by Gasteiger charge is 2.36. The van der Waals surface area contributed by atoms with Crippen LogP contribution < -0.4 is 5.73 Å². The lowest BCUT2D eigenvalue weighted by atomic mass is 9.75. The summed E-state index contributed by atoms with van der Waals surface area (Å²) in [5.74, 6) is 0.968. The highest BCUT2D eigenvalue weighted by molar-refractivity contribution is 5.77. The second-order valence-electron chi connectivity index (χ2n) is 6.47. The zero-order valence-electron chi connectivity index (χ0n) is 11.8. The molecule has 1 saturated carbocycles. The monoisotopic (exact) mass is 253 g/mol. The predicted molar refractivity (Wildman–Crippen MR) is 73.2 cm³/mol. The molecule has 0 aromatic heterocycles. The summed E-state index contributed by atoms with van der Waals surface area (Å²) in [6, 6.07) is 0. The van der Waals surface area contributed by atoms with Crippen molar-refractivity contribution in [3.8, 4) is 0 Å². The van der Waals surface area contributed by atoms with Crippen molar-refractivity contribution >= 4 is 5.91 Å². The van der Waals surface area contributed by atoms with Crippen LogP contribution in [0.3, 0.4) is 0 Å². The van der Waals surface area contributed by atoms with Crippen molar-refractivity contribution in [2.45, 2.75) is 45.1 Å². The van der Waals surface area contributed by atoms with Crippen molar-refractivity contribution in [2.24, 2.45) is 11.7 Å². The number of rotatable bonds is 4. The Hall–Kier alpha value is -0.610. The van der Waals surface area contributed by atoms with Crippen LogP contribution >= 0.6 is 0 Å². The molecule has 0 aromatic carbocycles. The van der Waals surface area contributed by atoms with Crippen LogP contribution in [-0.4, -0.2) is 54.0 Å². The molecule has 2 N–H and O–H groups in total. The summed E-state index contributed by atoms with van der Waals surface area (Å²) in [5, 5.41) is 0. The highest BCUT2D eigenvalue weighted by Crippen LogP contribution is 2.32. The zero-order chi connectivity index (χ0) is 13.2. The van der Waals surface area contributed by atoms with E-state index in [-0.39, 0.29) is 11.4 Å². The maximum atomic E-state index is 12.2. The number of piperazine rings is 1. The summed E-state index contributed by atoms with van der Waals surface area (Å²) in [4.78, 5) is 16.6. The maximum absolute atomic E-state index is 12.2. The fourth-order valence-corrected chi connectivity index (χ4v) is 2.92. The summed E-state index contributed by atoms with van der Waals surface area (Å²) in [6.45, 7) is 9.41. The van der Waals surface area contributed by atoms with Crippen molar-refractivity contribution in [3.63, 3.8) is 0 Å². The van der Waals surface area contributed by atoms with Crippen LogP contribution in [0.15, 0.2) is 0 Å². The second kappa shape index (κ2) is 5.57. The van der Waals surface area contributed by atoms with Gasteiger partial charge in [0.25, 0.3) is 0 Å². The first kappa shape index (κ1) is 13.8. The molecule has 0 spiro atoms. The van der Waals surface area contributed by atoms with Gasteiger partial charge in [-0.05, 0) is 25.2 Å². The molecular formula is C14H27N3O. The third-order valence-corrected chi connectivity index (χ3v) is 4.20. The molecule has 1 saturated heterocycles. The second-order valence-corrected chi connectivity index (χ2v) is 6.47. The zero-order valence-corrected chi connectivity index (χ0v) is 11.8. The summed E-state index contributed by atoms with van der Waals surface area (Å²) in [5.41, 5.74) is 5.97. The third-order valence-electron chi connectivity index (χ3n) is 4.20. The van der Waals surface area contributed by atoms with Gasteiger partial charge in [0.1, 0.15) is 0 Å². The number of hydrogen-bond donors (Lipinski definition) is 1. The van der Waals surface area contributed by atoms with Gasteiger partial charge in [-0.3, -0.25) is 9.69 Å². The summed E-state index contributed by atoms with van der Waals surface area (Å²) in [6.07, 6.45) is 3.78. The van der Waals surface area contributed by atoms with Gasteiger partial charge in [0.05, 0.1) is 0 Å². The van der Waals surface area contributed by atoms with Gasteiger partial charge >= 0.3 is 0 Å². The van der Waals surface area contributed by atoms with E-state index in [9.17, 15) is 4.79 Å². The van der Waals surface area contributed by atoms with Crippen LogP contribution in [0.2, 0.25) is 0 Å². The van der Waals surface area contributed by atoms with Gasteiger partial charge in [0.15, 0.2) is 0 Å². The number of carbonyl (C=O) groups is 1. The number of nitrogens with two attached hydrogens (primary N) is 1. The van der Waals surface area contributed by atoms with E-state index in [0.29, 0.717) is 12.3 Å². The van der Waals surface area contributed by atoms with E-state index in [1.807, 2.05) is 4.90 Å². The Morgan fingerprint density at radius 1 is 1.22 bits per heavy atom. The normalized spacial score (nSPS) is 24.1. The molecule has 1 aliphatic heterocycles. The van der Waals surface area contributed by atoms with E-state index >= 15 is 0 Å². The Kier molecular flexibility index (Phi) is 4.28. The van der Waals surface area contributed by atoms with Crippen LogP contribution in [0, 0.1) is 5.92 Å². The molecule has 2 aliphatic rings. The molecule has 0 radical (unpaired) electrons. The molecule has 18 heavy (non-hydrogen) atoms. The van der Waals surface area contributed by atoms with Gasteiger partial charge < -0.3 is 10.6 Å². The average Bonchev–Trinajstić information content (AvgIpc) is 2.27. The number of hydrogen-bond acceptors (Lipinski definition) is 3. The molecule has 0 aromatic rings. The minimum Gasteiger partial charge on any atom is -0.340 e. The van der Waals surface area contributed by atoms with E-state index in [1.54, 1.807) is 0 Å². The quantitative estimate of drug-likeness (QED) is 0.815. The van der Waals surface area contributed by atoms with Gasteiger partial charge in [0, 0.05) is 44.7 Å². The first-order chi connectivity index (χ1) is 8.48. The van der Waals surface area contributed by atoms with Crippen LogP contribution in [0.1, 0.15) is 39.5 Å². The molecular weight excluding hydrogens is 226 g/mol. The Labute approximate surface area is 110 Å². The van der Waals surface area contributed by atoms with E-state index < -0.39 is 0 Å². The topological polar surface area (TPSA) is 49.6 Å². The highest BCUT2D eigenvalue weighted by atomic mass is 16.2. The van der Waals surface area contributed by atoms with Gasteiger partial charge in [-0.15, -0.1) is 0 Å². The minimum atomic E-state index is -0.174. The Morgan fingerprint density at radius 2 is 1.83 bits per heavy atom. The van der Waals surface area contributed by atoms with Crippen LogP contribution in [0.4, 0.5) is 0 Å². The molecule has 0 atom stereocenters. The van der Waals surface area contributed by atoms with E-state index in [1.165, 1.54) is 6.42 Å². The number of amides is 1. The largest absolute Gasteiger partial charge is 0.340 e. The standard InChI is InChI=1S/C14H27N3O/c1-12(2)11-16-6-8-17(9-7-16)13(18)10-14(15)4-3-5-14/h12H,3-11,15H2,1-2H3. The Morgan fingerprint density at radius 3 is 2.28 bits per heavy atom. The SMILES string of the molecule is CC(C)CN1CCN(C(=O)CC2(N)CCC2)CC1. The van der Waals surface area contributed by atoms with E-state index in [2.05, 4.69) is 18.7 Å². The molecule has 104 valence electrons. The molecule has 2 fully saturated rings. The molecule has 4 heteroatoms. The van der Waals surface area contributed by atoms with Gasteiger partial charge in [-0.2, -0.15) is 0 Å². The third kappa shape index (κ3) is 3.45. The molecule has 0 bridgehead atoms. The van der Waals surface area contributed by atoms with Crippen LogP contribution in [-0.2, 0) is 4.79 Å². The lowest BCUT2D eigenvalue weighted by molar-refractivity contribution is -0.135. The van der Waals surface area contributed by atoms with E-state index in [4.69, 9.17) is 5.73 Å². The molecule has 1 aliphatic carbocycles. The first-order valence-corrected chi connectivity index (χ1v) is 7.27. The smallest absolute Gasteiger partial charge is 0.224 e. The van der Waals surface area contributed by atoms with Crippen molar-refractivity contribution in [1.82, 2.24) is 9.80 Å². The minimum absolute atomic E-state index is 0.174. The van der Waals surface area contributed by atoms with Crippen molar-refractivity contribution < 1.29 is 4.79 Å². The number of nitrogens with zero attached hydrogens (tertiary/aromatic N) is 2. The fraction of sp³-hybridized carbons (Fsp3) is 0.929. The molecule has 0 unspecified atom stereocenters. The van der Waals surface area contributed by atoms with E-state index in [0.717, 1.165) is 45.6 Å². The van der Waals surface area contributed by atoms with Gasteiger partial charge in [-0.1, -0.05) is 13.8 Å². The van der Waals surface area contributed by atoms with Crippen molar-refractivity contribution in [3.05, 3.63) is 0 Å². The molecule has 4 nitrogen and oxygen atoms in total.